The Kier molecular flexibility index (Phi) is 13.0. The van der Waals surface area contributed by atoms with E-state index in [1.165, 1.54) is 28.1 Å². The summed E-state index contributed by atoms with van der Waals surface area (Å²) < 4.78 is 0. The molecule has 0 radical (unpaired) electrons. The molecule has 0 heterocycles. The van der Waals surface area contributed by atoms with Crippen molar-refractivity contribution >= 4 is 5.69 Å². The van der Waals surface area contributed by atoms with Crippen molar-refractivity contribution < 1.29 is 0 Å². The highest BCUT2D eigenvalue weighted by atomic mass is 15.1. The zero-order chi connectivity index (χ0) is 20.8. The van der Waals surface area contributed by atoms with E-state index in [0.29, 0.717) is 5.92 Å². The average Bonchev–Trinajstić information content (AvgIpc) is 2.70. The molecule has 0 amide bonds. The van der Waals surface area contributed by atoms with Gasteiger partial charge in [-0.1, -0.05) is 90.6 Å². The normalized spacial score (nSPS) is 9.67. The van der Waals surface area contributed by atoms with Crippen LogP contribution in [0.1, 0.15) is 77.0 Å². The summed E-state index contributed by atoms with van der Waals surface area (Å²) in [5.74, 6) is 0.659. The largest absolute Gasteiger partial charge is 0.346 e. The molecule has 0 aromatic heterocycles. The predicted molar refractivity (Wildman–Crippen MR) is 125 cm³/mol. The summed E-state index contributed by atoms with van der Waals surface area (Å²) in [7, 11) is 0. The van der Waals surface area contributed by atoms with E-state index >= 15 is 0 Å². The minimum atomic E-state index is 0.659. The fraction of sp³-hybridized carbons (Fsp3) is 0.462. The van der Waals surface area contributed by atoms with Crippen LogP contribution in [0.3, 0.4) is 0 Å². The van der Waals surface area contributed by atoms with E-state index in [1.807, 2.05) is 19.9 Å². The Labute approximate surface area is 169 Å². The Morgan fingerprint density at radius 3 is 2.00 bits per heavy atom. The summed E-state index contributed by atoms with van der Waals surface area (Å²) in [5, 5.41) is 0. The maximum atomic E-state index is 4.17. The molecule has 0 saturated heterocycles. The lowest BCUT2D eigenvalue weighted by Gasteiger charge is -2.28. The first-order valence-corrected chi connectivity index (χ1v) is 10.5. The van der Waals surface area contributed by atoms with Crippen LogP contribution in [0.5, 0.6) is 0 Å². The van der Waals surface area contributed by atoms with Gasteiger partial charge in [0, 0.05) is 17.9 Å². The summed E-state index contributed by atoms with van der Waals surface area (Å²) in [6.45, 7) is 22.3. The van der Waals surface area contributed by atoms with Crippen LogP contribution >= 0.6 is 0 Å². The Bertz CT molecular complexity index is 641. The topological polar surface area (TPSA) is 3.24 Å². The van der Waals surface area contributed by atoms with E-state index in [9.17, 15) is 0 Å². The first-order chi connectivity index (χ1) is 12.9. The molecule has 2 rings (SSSR count). The Morgan fingerprint density at radius 1 is 0.963 bits per heavy atom. The van der Waals surface area contributed by atoms with Gasteiger partial charge in [0.25, 0.3) is 0 Å². The summed E-state index contributed by atoms with van der Waals surface area (Å²) in [4.78, 5) is 2.35. The third-order valence-corrected chi connectivity index (χ3v) is 4.36. The summed E-state index contributed by atoms with van der Waals surface area (Å²) >= 11 is 0. The van der Waals surface area contributed by atoms with E-state index in [-0.39, 0.29) is 0 Å². The van der Waals surface area contributed by atoms with Gasteiger partial charge in [-0.15, -0.1) is 0 Å². The number of hydrogen-bond donors (Lipinski definition) is 0. The highest BCUT2D eigenvalue weighted by Gasteiger charge is 2.10. The molecule has 0 spiro atoms. The van der Waals surface area contributed by atoms with Crippen LogP contribution in [0.25, 0.3) is 0 Å². The molecule has 1 heteroatoms. The van der Waals surface area contributed by atoms with E-state index in [0.717, 1.165) is 19.4 Å². The molecule has 0 aliphatic heterocycles. The number of allylic oxidation sites excluding steroid dienone is 1. The SMILES string of the molecule is C=C(CC)N(CCC)c1cc(C)ccc1C.CC.CC(C)c1ccccc1. The summed E-state index contributed by atoms with van der Waals surface area (Å²) in [6, 6.07) is 17.1. The molecule has 0 N–H and O–H groups in total. The number of benzene rings is 2. The van der Waals surface area contributed by atoms with Crippen LogP contribution in [0, 0.1) is 13.8 Å². The molecule has 0 fully saturated rings. The minimum Gasteiger partial charge on any atom is -0.346 e. The quantitative estimate of drug-likeness (QED) is 0.496. The lowest BCUT2D eigenvalue weighted by Crippen LogP contribution is -2.23. The summed E-state index contributed by atoms with van der Waals surface area (Å²) in [5.41, 5.74) is 6.57. The molecule has 2 aromatic rings. The van der Waals surface area contributed by atoms with E-state index < -0.39 is 0 Å². The van der Waals surface area contributed by atoms with Gasteiger partial charge in [-0.25, -0.2) is 0 Å². The van der Waals surface area contributed by atoms with Gasteiger partial charge in [0.1, 0.15) is 0 Å². The highest BCUT2D eigenvalue weighted by molar-refractivity contribution is 5.58. The molecule has 0 atom stereocenters. The van der Waals surface area contributed by atoms with Crippen LogP contribution in [0.4, 0.5) is 5.69 Å². The van der Waals surface area contributed by atoms with E-state index in [1.54, 1.807) is 0 Å². The van der Waals surface area contributed by atoms with Crippen molar-refractivity contribution in [1.29, 1.82) is 0 Å². The Hall–Kier alpha value is -2.02. The third kappa shape index (κ3) is 8.95. The van der Waals surface area contributed by atoms with Gasteiger partial charge in [0.15, 0.2) is 0 Å². The molecule has 0 bridgehead atoms. The average molecular weight is 368 g/mol. The molecule has 0 unspecified atom stereocenters. The fourth-order valence-corrected chi connectivity index (χ4v) is 2.71. The molecular formula is C26H41N. The van der Waals surface area contributed by atoms with Crippen molar-refractivity contribution in [3.63, 3.8) is 0 Å². The molecule has 2 aromatic carbocycles. The first kappa shape index (κ1) is 25.0. The standard InChI is InChI=1S/C15H23N.C9H12.C2H6/c1-6-10-16(14(5)7-2)15-11-12(3)8-9-13(15)4;1-8(2)9-6-4-3-5-7-9;1-2/h8-9,11H,5-7,10H2,1-4H3;3-8H,1-2H3;1-2H3. The van der Waals surface area contributed by atoms with Crippen LogP contribution in [-0.4, -0.2) is 6.54 Å². The molecule has 0 aliphatic rings. The van der Waals surface area contributed by atoms with Crippen LogP contribution in [-0.2, 0) is 0 Å². The van der Waals surface area contributed by atoms with Crippen molar-refractivity contribution in [1.82, 2.24) is 0 Å². The van der Waals surface area contributed by atoms with Crippen molar-refractivity contribution in [2.45, 2.75) is 74.1 Å². The number of aryl methyl sites for hydroxylation is 2. The highest BCUT2D eigenvalue weighted by Crippen LogP contribution is 2.25. The molecule has 27 heavy (non-hydrogen) atoms. The van der Waals surface area contributed by atoms with Gasteiger partial charge in [-0.3, -0.25) is 0 Å². The predicted octanol–water partition coefficient (Wildman–Crippen LogP) is 8.28. The van der Waals surface area contributed by atoms with Crippen LogP contribution in [0.2, 0.25) is 0 Å². The van der Waals surface area contributed by atoms with Crippen LogP contribution in [0.15, 0.2) is 60.8 Å². The number of nitrogens with zero attached hydrogens (tertiary/aromatic N) is 1. The molecule has 1 nitrogen and oxygen atoms in total. The monoisotopic (exact) mass is 367 g/mol. The lowest BCUT2D eigenvalue weighted by atomic mass is 10.0. The number of rotatable bonds is 6. The van der Waals surface area contributed by atoms with Crippen molar-refractivity contribution in [2.24, 2.45) is 0 Å². The molecular weight excluding hydrogens is 326 g/mol. The van der Waals surface area contributed by atoms with Gasteiger partial charge >= 0.3 is 0 Å². The van der Waals surface area contributed by atoms with Crippen LogP contribution < -0.4 is 4.90 Å². The zero-order valence-corrected chi connectivity index (χ0v) is 19.0. The van der Waals surface area contributed by atoms with Gasteiger partial charge < -0.3 is 4.90 Å². The van der Waals surface area contributed by atoms with Crippen molar-refractivity contribution in [2.75, 3.05) is 11.4 Å². The van der Waals surface area contributed by atoms with Crippen molar-refractivity contribution in [3.05, 3.63) is 77.5 Å². The Morgan fingerprint density at radius 2 is 1.56 bits per heavy atom. The molecule has 0 aliphatic carbocycles. The second kappa shape index (κ2) is 14.1. The maximum Gasteiger partial charge on any atom is 0.0440 e. The van der Waals surface area contributed by atoms with Crippen molar-refractivity contribution in [3.8, 4) is 0 Å². The van der Waals surface area contributed by atoms with Gasteiger partial charge in [0.05, 0.1) is 0 Å². The maximum absolute atomic E-state index is 4.17. The zero-order valence-electron chi connectivity index (χ0n) is 19.0. The fourth-order valence-electron chi connectivity index (χ4n) is 2.71. The second-order valence-electron chi connectivity index (χ2n) is 6.93. The second-order valence-corrected chi connectivity index (χ2v) is 6.93. The number of hydrogen-bond acceptors (Lipinski definition) is 1. The summed E-state index contributed by atoms with van der Waals surface area (Å²) in [6.07, 6.45) is 2.15. The lowest BCUT2D eigenvalue weighted by molar-refractivity contribution is 0.819. The van der Waals surface area contributed by atoms with E-state index in [2.05, 4.69) is 95.5 Å². The van der Waals surface area contributed by atoms with Gasteiger partial charge in [-0.2, -0.15) is 0 Å². The van der Waals surface area contributed by atoms with Gasteiger partial charge in [-0.05, 0) is 55.4 Å². The van der Waals surface area contributed by atoms with Gasteiger partial charge in [0.2, 0.25) is 0 Å². The first-order valence-electron chi connectivity index (χ1n) is 10.5. The molecule has 150 valence electrons. The minimum absolute atomic E-state index is 0.659. The smallest absolute Gasteiger partial charge is 0.0440 e. The number of anilines is 1. The third-order valence-electron chi connectivity index (χ3n) is 4.36. The molecule has 0 saturated carbocycles. The van der Waals surface area contributed by atoms with E-state index in [4.69, 9.17) is 0 Å². The Balaban J connectivity index is 0.000000519.